The summed E-state index contributed by atoms with van der Waals surface area (Å²) in [5, 5.41) is 0. The van der Waals surface area contributed by atoms with Crippen molar-refractivity contribution in [2.75, 3.05) is 13.3 Å². The average molecular weight is 155 g/mol. The van der Waals surface area contributed by atoms with Crippen molar-refractivity contribution in [3.05, 3.63) is 24.4 Å². The minimum Gasteiger partial charge on any atom is -0.478 e. The summed E-state index contributed by atoms with van der Waals surface area (Å²) in [5.74, 6) is 0.556. The van der Waals surface area contributed by atoms with Crippen LogP contribution in [0.3, 0.4) is 0 Å². The molecule has 3 heteroatoms. The van der Waals surface area contributed by atoms with Crippen LogP contribution in [0.25, 0.3) is 0 Å². The van der Waals surface area contributed by atoms with E-state index in [0.29, 0.717) is 18.9 Å². The molecule has 1 rings (SSSR count). The monoisotopic (exact) mass is 155 g/mol. The van der Waals surface area contributed by atoms with E-state index in [9.17, 15) is 4.39 Å². The molecule has 60 valence electrons. The zero-order chi connectivity index (χ0) is 7.94. The predicted octanol–water partition coefficient (Wildman–Crippen LogP) is 1.82. The van der Waals surface area contributed by atoms with Crippen molar-refractivity contribution >= 4 is 0 Å². The fourth-order valence-corrected chi connectivity index (χ4v) is 0.664. The van der Waals surface area contributed by atoms with Crippen LogP contribution in [0, 0.1) is 0 Å². The molecule has 0 aromatic carbocycles. The molecule has 0 fully saturated rings. The van der Waals surface area contributed by atoms with Gasteiger partial charge in [-0.2, -0.15) is 0 Å². The second-order valence-electron chi connectivity index (χ2n) is 2.06. The molecule has 0 saturated carbocycles. The summed E-state index contributed by atoms with van der Waals surface area (Å²) in [6.07, 6.45) is 2.07. The summed E-state index contributed by atoms with van der Waals surface area (Å²) in [5.41, 5.74) is 0. The molecule has 0 aliphatic heterocycles. The molecule has 0 unspecified atom stereocenters. The molecule has 0 N–H and O–H groups in total. The number of pyridine rings is 1. The van der Waals surface area contributed by atoms with Crippen molar-refractivity contribution < 1.29 is 9.13 Å². The quantitative estimate of drug-likeness (QED) is 0.619. The maximum absolute atomic E-state index is 11.6. The van der Waals surface area contributed by atoms with E-state index < -0.39 is 0 Å². The fourth-order valence-electron chi connectivity index (χ4n) is 0.664. The summed E-state index contributed by atoms with van der Waals surface area (Å²) < 4.78 is 16.7. The highest BCUT2D eigenvalue weighted by molar-refractivity contribution is 5.08. The minimum absolute atomic E-state index is 0.340. The Hall–Kier alpha value is -1.12. The summed E-state index contributed by atoms with van der Waals surface area (Å²) >= 11 is 0. The van der Waals surface area contributed by atoms with Gasteiger partial charge in [0.1, 0.15) is 0 Å². The standard InChI is InChI=1S/C8H10FNO/c9-5-3-7-11-8-4-1-2-6-10-8/h1-2,4,6H,3,5,7H2. The topological polar surface area (TPSA) is 22.1 Å². The fraction of sp³-hybridized carbons (Fsp3) is 0.375. The summed E-state index contributed by atoms with van der Waals surface area (Å²) in [6.45, 7) is 0.0559. The first kappa shape index (κ1) is 7.98. The van der Waals surface area contributed by atoms with Crippen molar-refractivity contribution in [3.8, 4) is 5.88 Å². The summed E-state index contributed by atoms with van der Waals surface area (Å²) in [6, 6.07) is 5.39. The number of nitrogens with zero attached hydrogens (tertiary/aromatic N) is 1. The van der Waals surface area contributed by atoms with E-state index in [4.69, 9.17) is 4.74 Å². The number of ether oxygens (including phenoxy) is 1. The van der Waals surface area contributed by atoms with Crippen molar-refractivity contribution in [2.45, 2.75) is 6.42 Å². The Kier molecular flexibility index (Phi) is 3.38. The highest BCUT2D eigenvalue weighted by Crippen LogP contribution is 2.02. The molecule has 1 heterocycles. The first-order chi connectivity index (χ1) is 5.43. The van der Waals surface area contributed by atoms with Crippen LogP contribution in [0.2, 0.25) is 0 Å². The lowest BCUT2D eigenvalue weighted by Gasteiger charge is -2.01. The van der Waals surface area contributed by atoms with Gasteiger partial charge in [0.15, 0.2) is 0 Å². The first-order valence-electron chi connectivity index (χ1n) is 3.53. The van der Waals surface area contributed by atoms with E-state index >= 15 is 0 Å². The molecule has 11 heavy (non-hydrogen) atoms. The lowest BCUT2D eigenvalue weighted by Crippen LogP contribution is -1.98. The van der Waals surface area contributed by atoms with Gasteiger partial charge in [0.25, 0.3) is 0 Å². The molecule has 0 spiro atoms. The van der Waals surface area contributed by atoms with Crippen LogP contribution in [-0.4, -0.2) is 18.3 Å². The molecular weight excluding hydrogens is 145 g/mol. The molecule has 0 saturated heterocycles. The number of rotatable bonds is 4. The second kappa shape index (κ2) is 4.66. The van der Waals surface area contributed by atoms with E-state index in [1.54, 1.807) is 12.3 Å². The Balaban J connectivity index is 2.28. The molecule has 0 atom stereocenters. The van der Waals surface area contributed by atoms with Crippen LogP contribution >= 0.6 is 0 Å². The van der Waals surface area contributed by atoms with Gasteiger partial charge >= 0.3 is 0 Å². The van der Waals surface area contributed by atoms with Crippen molar-refractivity contribution in [1.82, 2.24) is 4.98 Å². The number of hydrogen-bond donors (Lipinski definition) is 0. The Morgan fingerprint density at radius 3 is 3.00 bits per heavy atom. The van der Waals surface area contributed by atoms with Crippen molar-refractivity contribution in [2.24, 2.45) is 0 Å². The normalized spacial score (nSPS) is 9.55. The zero-order valence-electron chi connectivity index (χ0n) is 6.16. The number of halogens is 1. The molecular formula is C8H10FNO. The third kappa shape index (κ3) is 2.98. The van der Waals surface area contributed by atoms with Gasteiger partial charge in [-0.05, 0) is 6.07 Å². The smallest absolute Gasteiger partial charge is 0.213 e. The lowest BCUT2D eigenvalue weighted by molar-refractivity contribution is 0.280. The van der Waals surface area contributed by atoms with E-state index in [1.165, 1.54) is 0 Å². The Morgan fingerprint density at radius 1 is 1.45 bits per heavy atom. The Morgan fingerprint density at radius 2 is 2.36 bits per heavy atom. The van der Waals surface area contributed by atoms with Crippen LogP contribution in [0.5, 0.6) is 5.88 Å². The molecule has 2 nitrogen and oxygen atoms in total. The molecule has 0 aliphatic rings. The van der Waals surface area contributed by atoms with Crippen LogP contribution in [0.15, 0.2) is 24.4 Å². The highest BCUT2D eigenvalue weighted by atomic mass is 19.1. The minimum atomic E-state index is -0.340. The van der Waals surface area contributed by atoms with E-state index in [1.807, 2.05) is 12.1 Å². The molecule has 0 amide bonds. The number of alkyl halides is 1. The van der Waals surface area contributed by atoms with Crippen LogP contribution < -0.4 is 4.74 Å². The van der Waals surface area contributed by atoms with Crippen LogP contribution in [0.4, 0.5) is 4.39 Å². The third-order valence-electron chi connectivity index (χ3n) is 1.17. The van der Waals surface area contributed by atoms with E-state index in [0.717, 1.165) is 0 Å². The van der Waals surface area contributed by atoms with E-state index in [2.05, 4.69) is 4.98 Å². The van der Waals surface area contributed by atoms with Gasteiger partial charge < -0.3 is 4.74 Å². The van der Waals surface area contributed by atoms with Crippen LogP contribution in [0.1, 0.15) is 6.42 Å². The molecule has 1 aromatic rings. The molecule has 1 aromatic heterocycles. The molecule has 0 bridgehead atoms. The van der Waals surface area contributed by atoms with Gasteiger partial charge in [-0.25, -0.2) is 4.98 Å². The van der Waals surface area contributed by atoms with Gasteiger partial charge in [-0.1, -0.05) is 6.07 Å². The predicted molar refractivity (Wildman–Crippen MR) is 40.3 cm³/mol. The third-order valence-corrected chi connectivity index (χ3v) is 1.17. The largest absolute Gasteiger partial charge is 0.478 e. The average Bonchev–Trinajstić information content (AvgIpc) is 2.07. The van der Waals surface area contributed by atoms with E-state index in [-0.39, 0.29) is 6.67 Å². The number of hydrogen-bond acceptors (Lipinski definition) is 2. The Labute approximate surface area is 65.0 Å². The van der Waals surface area contributed by atoms with Crippen molar-refractivity contribution in [1.29, 1.82) is 0 Å². The first-order valence-corrected chi connectivity index (χ1v) is 3.53. The van der Waals surface area contributed by atoms with Crippen LogP contribution in [-0.2, 0) is 0 Å². The summed E-state index contributed by atoms with van der Waals surface area (Å²) in [7, 11) is 0. The maximum atomic E-state index is 11.6. The zero-order valence-corrected chi connectivity index (χ0v) is 6.16. The lowest BCUT2D eigenvalue weighted by atomic mass is 10.5. The maximum Gasteiger partial charge on any atom is 0.213 e. The second-order valence-corrected chi connectivity index (χ2v) is 2.06. The van der Waals surface area contributed by atoms with Gasteiger partial charge in [-0.15, -0.1) is 0 Å². The molecule has 0 aliphatic carbocycles. The van der Waals surface area contributed by atoms with Gasteiger partial charge in [0.2, 0.25) is 5.88 Å². The van der Waals surface area contributed by atoms with Gasteiger partial charge in [0, 0.05) is 18.7 Å². The summed E-state index contributed by atoms with van der Waals surface area (Å²) in [4.78, 5) is 3.91. The SMILES string of the molecule is FCCCOc1ccccn1. The van der Waals surface area contributed by atoms with Gasteiger partial charge in [0.05, 0.1) is 13.3 Å². The Bertz CT molecular complexity index is 191. The number of aromatic nitrogens is 1. The van der Waals surface area contributed by atoms with Gasteiger partial charge in [-0.3, -0.25) is 4.39 Å². The van der Waals surface area contributed by atoms with Crippen molar-refractivity contribution in [3.63, 3.8) is 0 Å². The molecule has 0 radical (unpaired) electrons. The highest BCUT2D eigenvalue weighted by Gasteiger charge is 1.90.